The summed E-state index contributed by atoms with van der Waals surface area (Å²) in [4.78, 5) is 2.44. The van der Waals surface area contributed by atoms with E-state index < -0.39 is 9.84 Å². The van der Waals surface area contributed by atoms with E-state index in [0.717, 1.165) is 25.2 Å². The highest BCUT2D eigenvalue weighted by atomic mass is 32.2. The first-order chi connectivity index (χ1) is 9.10. The SMILES string of the molecule is CC(C)(C)C1CCN(c2cccc(S(C)(=O)=O)c2N)C1. The molecule has 1 aliphatic heterocycles. The summed E-state index contributed by atoms with van der Waals surface area (Å²) in [5, 5.41) is 0. The first-order valence-corrected chi connectivity index (χ1v) is 8.83. The lowest BCUT2D eigenvalue weighted by molar-refractivity contribution is 0.263. The fraction of sp³-hybridized carbons (Fsp3) is 0.600. The molecule has 1 heterocycles. The summed E-state index contributed by atoms with van der Waals surface area (Å²) in [6.07, 6.45) is 2.32. The quantitative estimate of drug-likeness (QED) is 0.852. The first-order valence-electron chi connectivity index (χ1n) is 6.94. The zero-order valence-corrected chi connectivity index (χ0v) is 13.5. The number of benzene rings is 1. The molecule has 5 heteroatoms. The van der Waals surface area contributed by atoms with E-state index >= 15 is 0 Å². The van der Waals surface area contributed by atoms with Gasteiger partial charge in [-0.25, -0.2) is 8.42 Å². The van der Waals surface area contributed by atoms with E-state index in [1.54, 1.807) is 12.1 Å². The van der Waals surface area contributed by atoms with Crippen molar-refractivity contribution >= 4 is 21.2 Å². The number of nitrogen functional groups attached to an aromatic ring is 1. The maximum atomic E-state index is 11.7. The minimum Gasteiger partial charge on any atom is -0.396 e. The Morgan fingerprint density at radius 1 is 1.30 bits per heavy atom. The lowest BCUT2D eigenvalue weighted by Gasteiger charge is -2.28. The van der Waals surface area contributed by atoms with Gasteiger partial charge in [-0.1, -0.05) is 26.8 Å². The van der Waals surface area contributed by atoms with Crippen molar-refractivity contribution in [2.45, 2.75) is 32.1 Å². The van der Waals surface area contributed by atoms with Crippen LogP contribution in [0.15, 0.2) is 23.1 Å². The molecule has 0 radical (unpaired) electrons. The number of sulfone groups is 1. The Bertz CT molecular complexity index is 603. The molecule has 20 heavy (non-hydrogen) atoms. The number of para-hydroxylation sites is 1. The summed E-state index contributed by atoms with van der Waals surface area (Å²) < 4.78 is 23.5. The van der Waals surface area contributed by atoms with Gasteiger partial charge >= 0.3 is 0 Å². The molecule has 0 bridgehead atoms. The van der Waals surface area contributed by atoms with E-state index in [2.05, 4.69) is 25.7 Å². The van der Waals surface area contributed by atoms with E-state index in [1.165, 1.54) is 6.26 Å². The van der Waals surface area contributed by atoms with Crippen LogP contribution in [0.1, 0.15) is 27.2 Å². The number of hydrogen-bond acceptors (Lipinski definition) is 4. The molecule has 2 rings (SSSR count). The van der Waals surface area contributed by atoms with Gasteiger partial charge in [0.1, 0.15) is 0 Å². The Hall–Kier alpha value is -1.23. The Labute approximate surface area is 121 Å². The average Bonchev–Trinajstić information content (AvgIpc) is 2.76. The summed E-state index contributed by atoms with van der Waals surface area (Å²) in [5.74, 6) is 0.601. The normalized spacial score (nSPS) is 20.4. The van der Waals surface area contributed by atoms with Crippen LogP contribution in [-0.4, -0.2) is 27.8 Å². The van der Waals surface area contributed by atoms with E-state index in [1.807, 2.05) is 6.07 Å². The molecule has 1 aromatic carbocycles. The fourth-order valence-corrected chi connectivity index (χ4v) is 3.65. The smallest absolute Gasteiger partial charge is 0.177 e. The summed E-state index contributed by atoms with van der Waals surface area (Å²) in [6.45, 7) is 8.60. The van der Waals surface area contributed by atoms with E-state index in [0.29, 0.717) is 11.6 Å². The number of nitrogens with two attached hydrogens (primary N) is 1. The van der Waals surface area contributed by atoms with Gasteiger partial charge in [-0.2, -0.15) is 0 Å². The van der Waals surface area contributed by atoms with Crippen molar-refractivity contribution in [2.24, 2.45) is 11.3 Å². The number of anilines is 2. The molecule has 0 spiro atoms. The standard InChI is InChI=1S/C15H24N2O2S/c1-15(2,3)11-8-9-17(10-11)12-6-5-7-13(14(12)16)20(4,18)19/h5-7,11H,8-10,16H2,1-4H3. The lowest BCUT2D eigenvalue weighted by atomic mass is 9.80. The molecule has 2 N–H and O–H groups in total. The van der Waals surface area contributed by atoms with Gasteiger partial charge in [0.15, 0.2) is 9.84 Å². The molecule has 0 aromatic heterocycles. The molecule has 1 fully saturated rings. The maximum Gasteiger partial charge on any atom is 0.177 e. The zero-order valence-electron chi connectivity index (χ0n) is 12.7. The molecule has 1 aliphatic rings. The second kappa shape index (κ2) is 4.95. The van der Waals surface area contributed by atoms with E-state index in [-0.39, 0.29) is 10.3 Å². The molecular formula is C15H24N2O2S. The number of rotatable bonds is 2. The summed E-state index contributed by atoms with van der Waals surface area (Å²) >= 11 is 0. The van der Waals surface area contributed by atoms with Crippen LogP contribution in [-0.2, 0) is 9.84 Å². The Balaban J connectivity index is 2.32. The van der Waals surface area contributed by atoms with Crippen LogP contribution >= 0.6 is 0 Å². The summed E-state index contributed by atoms with van der Waals surface area (Å²) in [5.41, 5.74) is 7.57. The Morgan fingerprint density at radius 2 is 1.95 bits per heavy atom. The highest BCUT2D eigenvalue weighted by Gasteiger charge is 2.32. The second-order valence-corrected chi connectivity index (χ2v) is 8.74. The van der Waals surface area contributed by atoms with E-state index in [9.17, 15) is 8.42 Å². The third kappa shape index (κ3) is 2.92. The molecule has 0 amide bonds. The third-order valence-corrected chi connectivity index (χ3v) is 5.35. The maximum absolute atomic E-state index is 11.7. The van der Waals surface area contributed by atoms with Crippen LogP contribution in [0, 0.1) is 11.3 Å². The van der Waals surface area contributed by atoms with E-state index in [4.69, 9.17) is 5.73 Å². The topological polar surface area (TPSA) is 63.4 Å². The molecule has 1 unspecified atom stereocenters. The van der Waals surface area contributed by atoms with Crippen LogP contribution in [0.2, 0.25) is 0 Å². The van der Waals surface area contributed by atoms with Gasteiger partial charge in [-0.15, -0.1) is 0 Å². The third-order valence-electron chi connectivity index (χ3n) is 4.20. The molecule has 4 nitrogen and oxygen atoms in total. The van der Waals surface area contributed by atoms with Crippen LogP contribution in [0.4, 0.5) is 11.4 Å². The predicted octanol–water partition coefficient (Wildman–Crippen LogP) is 2.54. The molecule has 1 atom stereocenters. The molecular weight excluding hydrogens is 272 g/mol. The van der Waals surface area contributed by atoms with Crippen molar-refractivity contribution in [1.82, 2.24) is 0 Å². The van der Waals surface area contributed by atoms with Crippen molar-refractivity contribution in [1.29, 1.82) is 0 Å². The van der Waals surface area contributed by atoms with Gasteiger partial charge in [0.05, 0.1) is 16.3 Å². The minimum absolute atomic E-state index is 0.231. The minimum atomic E-state index is -3.28. The molecule has 1 saturated heterocycles. The van der Waals surface area contributed by atoms with Crippen LogP contribution in [0.3, 0.4) is 0 Å². The van der Waals surface area contributed by atoms with Crippen molar-refractivity contribution in [3.05, 3.63) is 18.2 Å². The monoisotopic (exact) mass is 296 g/mol. The lowest BCUT2D eigenvalue weighted by Crippen LogP contribution is -2.26. The van der Waals surface area contributed by atoms with Gasteiger partial charge in [0, 0.05) is 19.3 Å². The van der Waals surface area contributed by atoms with Crippen LogP contribution < -0.4 is 10.6 Å². The number of nitrogens with zero attached hydrogens (tertiary/aromatic N) is 1. The molecule has 1 aromatic rings. The van der Waals surface area contributed by atoms with Gasteiger partial charge in [-0.3, -0.25) is 0 Å². The molecule has 0 aliphatic carbocycles. The van der Waals surface area contributed by atoms with Crippen molar-refractivity contribution in [2.75, 3.05) is 30.0 Å². The summed E-state index contributed by atoms with van der Waals surface area (Å²) in [7, 11) is -3.28. The highest BCUT2D eigenvalue weighted by molar-refractivity contribution is 7.90. The van der Waals surface area contributed by atoms with Crippen LogP contribution in [0.25, 0.3) is 0 Å². The van der Waals surface area contributed by atoms with Crippen molar-refractivity contribution < 1.29 is 8.42 Å². The second-order valence-electron chi connectivity index (χ2n) is 6.76. The zero-order chi connectivity index (χ0) is 15.1. The largest absolute Gasteiger partial charge is 0.396 e. The highest BCUT2D eigenvalue weighted by Crippen LogP contribution is 2.38. The number of hydrogen-bond donors (Lipinski definition) is 1. The van der Waals surface area contributed by atoms with Crippen molar-refractivity contribution in [3.63, 3.8) is 0 Å². The van der Waals surface area contributed by atoms with Crippen molar-refractivity contribution in [3.8, 4) is 0 Å². The molecule has 112 valence electrons. The average molecular weight is 296 g/mol. The first kappa shape index (κ1) is 15.2. The van der Waals surface area contributed by atoms with Gasteiger partial charge < -0.3 is 10.6 Å². The Kier molecular flexibility index (Phi) is 3.75. The molecule has 0 saturated carbocycles. The van der Waals surface area contributed by atoms with Gasteiger partial charge in [0.2, 0.25) is 0 Å². The summed E-state index contributed by atoms with van der Waals surface area (Å²) in [6, 6.07) is 5.26. The van der Waals surface area contributed by atoms with Crippen LogP contribution in [0.5, 0.6) is 0 Å². The Morgan fingerprint density at radius 3 is 2.45 bits per heavy atom. The van der Waals surface area contributed by atoms with Gasteiger partial charge in [0.25, 0.3) is 0 Å². The van der Waals surface area contributed by atoms with Gasteiger partial charge in [-0.05, 0) is 29.9 Å². The predicted molar refractivity (Wildman–Crippen MR) is 83.7 cm³/mol. The fourth-order valence-electron chi connectivity index (χ4n) is 2.82.